The number of thioether (sulfide) groups is 1. The SMILES string of the molecule is Cc1cc(/C=C2\SC(=O)N(CCOc3ccc(Cl)cc3)C2=O)c(C)n1-c1cc(Cl)cc(Cl)c1. The summed E-state index contributed by atoms with van der Waals surface area (Å²) in [4.78, 5) is 26.9. The number of benzene rings is 2. The topological polar surface area (TPSA) is 51.5 Å². The number of ether oxygens (including phenoxy) is 1. The molecule has 1 aliphatic heterocycles. The van der Waals surface area contributed by atoms with Gasteiger partial charge in [-0.15, -0.1) is 0 Å². The van der Waals surface area contributed by atoms with Crippen LogP contribution < -0.4 is 4.74 Å². The lowest BCUT2D eigenvalue weighted by Crippen LogP contribution is -2.32. The largest absolute Gasteiger partial charge is 0.492 e. The predicted octanol–water partition coefficient (Wildman–Crippen LogP) is 7.17. The number of aryl methyl sites for hydroxylation is 1. The molecule has 2 heterocycles. The van der Waals surface area contributed by atoms with Gasteiger partial charge in [0.15, 0.2) is 0 Å². The fourth-order valence-corrected chi connectivity index (χ4v) is 5.12. The highest BCUT2D eigenvalue weighted by molar-refractivity contribution is 8.18. The molecule has 33 heavy (non-hydrogen) atoms. The van der Waals surface area contributed by atoms with E-state index in [1.54, 1.807) is 36.4 Å². The number of hydrogen-bond acceptors (Lipinski definition) is 4. The van der Waals surface area contributed by atoms with Crippen LogP contribution in [0.1, 0.15) is 17.0 Å². The highest BCUT2D eigenvalue weighted by Gasteiger charge is 2.35. The molecule has 0 saturated carbocycles. The summed E-state index contributed by atoms with van der Waals surface area (Å²) in [7, 11) is 0. The van der Waals surface area contributed by atoms with Gasteiger partial charge in [0, 0.05) is 32.1 Å². The number of carbonyl (C=O) groups is 2. The number of nitrogens with zero attached hydrogens (tertiary/aromatic N) is 2. The molecule has 0 unspecified atom stereocenters. The molecule has 1 saturated heterocycles. The Morgan fingerprint density at radius 3 is 2.27 bits per heavy atom. The summed E-state index contributed by atoms with van der Waals surface area (Å²) >= 11 is 19.1. The molecule has 0 radical (unpaired) electrons. The third-order valence-electron chi connectivity index (χ3n) is 5.13. The van der Waals surface area contributed by atoms with E-state index in [0.29, 0.717) is 25.7 Å². The molecule has 9 heteroatoms. The molecule has 1 fully saturated rings. The zero-order valence-corrected chi connectivity index (χ0v) is 20.9. The first-order valence-corrected chi connectivity index (χ1v) is 12.0. The van der Waals surface area contributed by atoms with Crippen molar-refractivity contribution >= 4 is 63.8 Å². The first kappa shape index (κ1) is 23.8. The minimum Gasteiger partial charge on any atom is -0.492 e. The Labute approximate surface area is 210 Å². The van der Waals surface area contributed by atoms with Crippen LogP contribution >= 0.6 is 46.6 Å². The van der Waals surface area contributed by atoms with Gasteiger partial charge in [0.2, 0.25) is 0 Å². The van der Waals surface area contributed by atoms with E-state index in [-0.39, 0.29) is 24.3 Å². The van der Waals surface area contributed by atoms with Crippen molar-refractivity contribution in [1.82, 2.24) is 9.47 Å². The number of halogens is 3. The number of hydrogen-bond donors (Lipinski definition) is 0. The van der Waals surface area contributed by atoms with Gasteiger partial charge in [-0.2, -0.15) is 0 Å². The van der Waals surface area contributed by atoms with E-state index < -0.39 is 0 Å². The Morgan fingerprint density at radius 1 is 0.939 bits per heavy atom. The molecule has 4 rings (SSSR count). The summed E-state index contributed by atoms with van der Waals surface area (Å²) in [5.41, 5.74) is 3.53. The van der Waals surface area contributed by atoms with E-state index in [0.717, 1.165) is 34.4 Å². The Bertz CT molecular complexity index is 1250. The van der Waals surface area contributed by atoms with Gasteiger partial charge in [0.1, 0.15) is 12.4 Å². The fraction of sp³-hybridized carbons (Fsp3) is 0.167. The highest BCUT2D eigenvalue weighted by Crippen LogP contribution is 2.34. The molecule has 3 aromatic rings. The molecule has 5 nitrogen and oxygen atoms in total. The number of carbonyl (C=O) groups excluding carboxylic acids is 2. The zero-order chi connectivity index (χ0) is 23.7. The Morgan fingerprint density at radius 2 is 1.61 bits per heavy atom. The monoisotopic (exact) mass is 520 g/mol. The van der Waals surface area contributed by atoms with Crippen LogP contribution in [0.15, 0.2) is 53.4 Å². The maximum absolute atomic E-state index is 12.9. The summed E-state index contributed by atoms with van der Waals surface area (Å²) in [5, 5.41) is 1.36. The van der Waals surface area contributed by atoms with Crippen LogP contribution in [0.5, 0.6) is 5.75 Å². The molecule has 0 atom stereocenters. The lowest BCUT2D eigenvalue weighted by atomic mass is 10.2. The normalized spacial score (nSPS) is 15.1. The number of imide groups is 1. The van der Waals surface area contributed by atoms with Gasteiger partial charge in [-0.3, -0.25) is 14.5 Å². The van der Waals surface area contributed by atoms with Crippen molar-refractivity contribution in [3.63, 3.8) is 0 Å². The van der Waals surface area contributed by atoms with Gasteiger partial charge >= 0.3 is 0 Å². The molecule has 2 aromatic carbocycles. The van der Waals surface area contributed by atoms with E-state index >= 15 is 0 Å². The predicted molar refractivity (Wildman–Crippen MR) is 135 cm³/mol. The smallest absolute Gasteiger partial charge is 0.293 e. The molecular weight excluding hydrogens is 503 g/mol. The third kappa shape index (κ3) is 5.25. The molecule has 0 bridgehead atoms. The van der Waals surface area contributed by atoms with Gasteiger partial charge in [-0.1, -0.05) is 34.8 Å². The zero-order valence-electron chi connectivity index (χ0n) is 17.8. The van der Waals surface area contributed by atoms with Crippen molar-refractivity contribution in [1.29, 1.82) is 0 Å². The van der Waals surface area contributed by atoms with Gasteiger partial charge in [-0.25, -0.2) is 0 Å². The second kappa shape index (κ2) is 9.85. The van der Waals surface area contributed by atoms with E-state index in [2.05, 4.69) is 0 Å². The molecular formula is C24H19Cl3N2O3S. The second-order valence-electron chi connectivity index (χ2n) is 7.43. The van der Waals surface area contributed by atoms with Gasteiger partial charge in [0.25, 0.3) is 11.1 Å². The van der Waals surface area contributed by atoms with E-state index in [4.69, 9.17) is 39.5 Å². The Hall–Kier alpha value is -2.38. The first-order valence-electron chi connectivity index (χ1n) is 10.0. The average molecular weight is 522 g/mol. The fourth-order valence-electron chi connectivity index (χ4n) is 3.62. The Kier molecular flexibility index (Phi) is 7.10. The van der Waals surface area contributed by atoms with E-state index in [1.165, 1.54) is 4.90 Å². The standard InChI is InChI=1S/C24H19Cl3N2O3S/c1-14-9-16(15(2)29(14)20-12-18(26)11-19(27)13-20)10-22-23(30)28(24(31)33-22)7-8-32-21-5-3-17(25)4-6-21/h3-6,9-13H,7-8H2,1-2H3/b22-10-. The summed E-state index contributed by atoms with van der Waals surface area (Å²) in [6.07, 6.45) is 1.75. The maximum Gasteiger partial charge on any atom is 0.293 e. The van der Waals surface area contributed by atoms with Crippen molar-refractivity contribution in [2.24, 2.45) is 0 Å². The van der Waals surface area contributed by atoms with Gasteiger partial charge < -0.3 is 9.30 Å². The van der Waals surface area contributed by atoms with Crippen LogP contribution in [-0.2, 0) is 4.79 Å². The number of aromatic nitrogens is 1. The molecule has 170 valence electrons. The lowest BCUT2D eigenvalue weighted by Gasteiger charge is -2.13. The van der Waals surface area contributed by atoms with E-state index in [9.17, 15) is 9.59 Å². The molecule has 0 N–H and O–H groups in total. The van der Waals surface area contributed by atoms with Crippen molar-refractivity contribution in [3.8, 4) is 11.4 Å². The second-order valence-corrected chi connectivity index (χ2v) is 9.73. The summed E-state index contributed by atoms with van der Waals surface area (Å²) in [6, 6.07) is 14.2. The van der Waals surface area contributed by atoms with Gasteiger partial charge in [0.05, 0.1) is 11.4 Å². The van der Waals surface area contributed by atoms with Crippen molar-refractivity contribution in [3.05, 3.63) is 85.5 Å². The van der Waals surface area contributed by atoms with Crippen molar-refractivity contribution in [2.45, 2.75) is 13.8 Å². The molecule has 2 amide bonds. The minimum atomic E-state index is -0.333. The van der Waals surface area contributed by atoms with Crippen LogP contribution in [-0.4, -0.2) is 33.8 Å². The molecule has 1 aliphatic rings. The van der Waals surface area contributed by atoms with Crippen LogP contribution in [0.4, 0.5) is 4.79 Å². The quantitative estimate of drug-likeness (QED) is 0.323. The van der Waals surface area contributed by atoms with Gasteiger partial charge in [-0.05, 0) is 85.8 Å². The summed E-state index contributed by atoms with van der Waals surface area (Å²) < 4.78 is 7.63. The van der Waals surface area contributed by atoms with Crippen molar-refractivity contribution in [2.75, 3.05) is 13.2 Å². The maximum atomic E-state index is 12.9. The van der Waals surface area contributed by atoms with Crippen LogP contribution in [0.25, 0.3) is 11.8 Å². The summed E-state index contributed by atoms with van der Waals surface area (Å²) in [6.45, 7) is 4.25. The molecule has 0 aliphatic carbocycles. The Balaban J connectivity index is 1.51. The number of rotatable bonds is 6. The number of amides is 2. The van der Waals surface area contributed by atoms with Crippen LogP contribution in [0.2, 0.25) is 15.1 Å². The molecule has 1 aromatic heterocycles. The third-order valence-corrected chi connectivity index (χ3v) is 6.73. The van der Waals surface area contributed by atoms with E-state index in [1.807, 2.05) is 36.6 Å². The first-order chi connectivity index (χ1) is 15.7. The minimum absolute atomic E-state index is 0.157. The van der Waals surface area contributed by atoms with Crippen molar-refractivity contribution < 1.29 is 14.3 Å². The highest BCUT2D eigenvalue weighted by atomic mass is 35.5. The van der Waals surface area contributed by atoms with Crippen LogP contribution in [0, 0.1) is 13.8 Å². The molecule has 0 spiro atoms. The average Bonchev–Trinajstić information content (AvgIpc) is 3.18. The summed E-state index contributed by atoms with van der Waals surface area (Å²) in [5.74, 6) is 0.288. The lowest BCUT2D eigenvalue weighted by molar-refractivity contribution is -0.123. The van der Waals surface area contributed by atoms with Crippen LogP contribution in [0.3, 0.4) is 0 Å².